The Morgan fingerprint density at radius 2 is 2.06 bits per heavy atom. The molecule has 2 N–H and O–H groups in total. The smallest absolute Gasteiger partial charge is 0.326 e. The second-order valence-electron chi connectivity index (χ2n) is 4.94. The zero-order valence-electron chi connectivity index (χ0n) is 10.2. The normalized spacial score (nSPS) is 32.1. The van der Waals surface area contributed by atoms with Crippen LogP contribution in [0.3, 0.4) is 0 Å². The van der Waals surface area contributed by atoms with E-state index in [1.807, 2.05) is 6.92 Å². The average Bonchev–Trinajstić information content (AvgIpc) is 2.68. The number of hydrogen-bond acceptors (Lipinski definition) is 2. The molecule has 0 bridgehead atoms. The quantitative estimate of drug-likeness (QED) is 0.767. The van der Waals surface area contributed by atoms with Gasteiger partial charge in [-0.25, -0.2) is 9.59 Å². The van der Waals surface area contributed by atoms with Gasteiger partial charge in [0, 0.05) is 12.6 Å². The molecular weight excluding hydrogens is 220 g/mol. The first-order valence-electron chi connectivity index (χ1n) is 6.44. The fraction of sp³-hybridized carbons (Fsp3) is 0.833. The van der Waals surface area contributed by atoms with Gasteiger partial charge in [0.2, 0.25) is 0 Å². The van der Waals surface area contributed by atoms with Crippen LogP contribution in [0, 0.1) is 5.92 Å². The molecule has 0 spiro atoms. The van der Waals surface area contributed by atoms with Crippen LogP contribution in [-0.2, 0) is 4.79 Å². The van der Waals surface area contributed by atoms with E-state index in [4.69, 9.17) is 0 Å². The molecule has 2 fully saturated rings. The van der Waals surface area contributed by atoms with Gasteiger partial charge in [0.15, 0.2) is 0 Å². The van der Waals surface area contributed by atoms with Crippen molar-refractivity contribution in [2.24, 2.45) is 5.92 Å². The second-order valence-corrected chi connectivity index (χ2v) is 4.94. The lowest BCUT2D eigenvalue weighted by Crippen LogP contribution is -2.50. The van der Waals surface area contributed by atoms with Crippen LogP contribution in [0.2, 0.25) is 0 Å². The predicted octanol–water partition coefficient (Wildman–Crippen LogP) is 1.43. The molecule has 0 radical (unpaired) electrons. The number of rotatable bonds is 2. The fourth-order valence-electron chi connectivity index (χ4n) is 3.22. The van der Waals surface area contributed by atoms with Crippen molar-refractivity contribution < 1.29 is 14.7 Å². The summed E-state index contributed by atoms with van der Waals surface area (Å²) in [4.78, 5) is 24.8. The predicted molar refractivity (Wildman–Crippen MR) is 62.7 cm³/mol. The minimum atomic E-state index is -0.870. The van der Waals surface area contributed by atoms with Crippen molar-refractivity contribution in [3.8, 4) is 0 Å². The number of hydrogen-bond donors (Lipinski definition) is 2. The van der Waals surface area contributed by atoms with Crippen LogP contribution in [0.25, 0.3) is 0 Å². The van der Waals surface area contributed by atoms with Crippen molar-refractivity contribution in [1.82, 2.24) is 10.2 Å². The van der Waals surface area contributed by atoms with Gasteiger partial charge in [-0.15, -0.1) is 0 Å². The molecule has 1 heterocycles. The third kappa shape index (κ3) is 2.23. The number of nitrogens with one attached hydrogen (secondary N) is 1. The molecule has 2 aliphatic rings. The highest BCUT2D eigenvalue weighted by Gasteiger charge is 2.47. The van der Waals surface area contributed by atoms with Crippen LogP contribution < -0.4 is 5.32 Å². The maximum Gasteiger partial charge on any atom is 0.326 e. The minimum Gasteiger partial charge on any atom is -0.480 e. The maximum absolute atomic E-state index is 12.0. The minimum absolute atomic E-state index is 0.136. The van der Waals surface area contributed by atoms with E-state index in [2.05, 4.69) is 5.32 Å². The first-order chi connectivity index (χ1) is 8.15. The van der Waals surface area contributed by atoms with Crippen molar-refractivity contribution >= 4 is 12.0 Å². The van der Waals surface area contributed by atoms with Gasteiger partial charge < -0.3 is 15.3 Å². The number of likely N-dealkylation sites (tertiary alicyclic amines) is 1. The average molecular weight is 240 g/mol. The van der Waals surface area contributed by atoms with Crippen molar-refractivity contribution in [2.45, 2.75) is 51.1 Å². The Labute approximate surface area is 101 Å². The Morgan fingerprint density at radius 1 is 1.35 bits per heavy atom. The van der Waals surface area contributed by atoms with Crippen LogP contribution in [-0.4, -0.2) is 40.6 Å². The summed E-state index contributed by atoms with van der Waals surface area (Å²) >= 11 is 0. The van der Waals surface area contributed by atoms with Gasteiger partial charge in [-0.1, -0.05) is 12.8 Å². The van der Waals surface area contributed by atoms with E-state index in [0.29, 0.717) is 18.9 Å². The molecule has 0 unspecified atom stereocenters. The monoisotopic (exact) mass is 240 g/mol. The zero-order chi connectivity index (χ0) is 12.4. The highest BCUT2D eigenvalue weighted by atomic mass is 16.4. The highest BCUT2D eigenvalue weighted by molar-refractivity contribution is 5.83. The van der Waals surface area contributed by atoms with Gasteiger partial charge in [-0.3, -0.25) is 0 Å². The number of amides is 2. The Morgan fingerprint density at radius 3 is 2.71 bits per heavy atom. The summed E-state index contributed by atoms with van der Waals surface area (Å²) in [5.41, 5.74) is 0. The van der Waals surface area contributed by atoms with Crippen LogP contribution in [0.4, 0.5) is 4.79 Å². The van der Waals surface area contributed by atoms with Crippen LogP contribution in [0.1, 0.15) is 39.0 Å². The zero-order valence-corrected chi connectivity index (χ0v) is 10.2. The number of urea groups is 1. The third-order valence-corrected chi connectivity index (χ3v) is 3.94. The SMILES string of the molecule is CCNC(=O)N1[C@H](C(=O)O)C[C@H]2CCCC[C@@H]21. The van der Waals surface area contributed by atoms with E-state index in [1.165, 1.54) is 0 Å². The molecule has 1 aliphatic heterocycles. The Bertz CT molecular complexity index is 319. The lowest BCUT2D eigenvalue weighted by atomic mass is 9.85. The standard InChI is InChI=1S/C12H20N2O3/c1-2-13-12(17)14-9-6-4-3-5-8(9)7-10(14)11(15)16/h8-10H,2-7H2,1H3,(H,13,17)(H,15,16)/t8-,9+,10+/m1/s1. The number of carbonyl (C=O) groups is 2. The molecule has 0 aromatic heterocycles. The van der Waals surface area contributed by atoms with E-state index >= 15 is 0 Å². The fourth-order valence-corrected chi connectivity index (χ4v) is 3.22. The molecule has 1 saturated heterocycles. The van der Waals surface area contributed by atoms with E-state index in [1.54, 1.807) is 4.90 Å². The van der Waals surface area contributed by atoms with Crippen LogP contribution in [0.15, 0.2) is 0 Å². The number of carbonyl (C=O) groups excluding carboxylic acids is 1. The van der Waals surface area contributed by atoms with Gasteiger partial charge in [-0.05, 0) is 32.1 Å². The van der Waals surface area contributed by atoms with Crippen molar-refractivity contribution in [2.75, 3.05) is 6.54 Å². The number of nitrogens with zero attached hydrogens (tertiary/aromatic N) is 1. The molecule has 2 amide bonds. The van der Waals surface area contributed by atoms with Crippen LogP contribution in [0.5, 0.6) is 0 Å². The number of aliphatic carboxylic acids is 1. The number of carboxylic acids is 1. The van der Waals surface area contributed by atoms with E-state index in [-0.39, 0.29) is 12.1 Å². The third-order valence-electron chi connectivity index (χ3n) is 3.94. The Balaban J connectivity index is 2.17. The molecule has 96 valence electrons. The van der Waals surface area contributed by atoms with Crippen molar-refractivity contribution in [1.29, 1.82) is 0 Å². The molecule has 5 nitrogen and oxygen atoms in total. The Kier molecular flexibility index (Phi) is 3.54. The highest BCUT2D eigenvalue weighted by Crippen LogP contribution is 2.39. The van der Waals surface area contributed by atoms with Gasteiger partial charge in [0.1, 0.15) is 6.04 Å². The summed E-state index contributed by atoms with van der Waals surface area (Å²) in [5, 5.41) is 12.0. The molecule has 17 heavy (non-hydrogen) atoms. The summed E-state index contributed by atoms with van der Waals surface area (Å²) < 4.78 is 0. The lowest BCUT2D eigenvalue weighted by molar-refractivity contribution is -0.141. The van der Waals surface area contributed by atoms with Crippen molar-refractivity contribution in [3.05, 3.63) is 0 Å². The number of carboxylic acid groups (broad SMARTS) is 1. The summed E-state index contributed by atoms with van der Waals surface area (Å²) in [6.45, 7) is 2.39. The largest absolute Gasteiger partial charge is 0.480 e. The molecule has 1 saturated carbocycles. The second kappa shape index (κ2) is 4.94. The summed E-state index contributed by atoms with van der Waals surface area (Å²) in [5.74, 6) is -0.488. The summed E-state index contributed by atoms with van der Waals surface area (Å²) in [6, 6.07) is -0.708. The van der Waals surface area contributed by atoms with Gasteiger partial charge in [0.05, 0.1) is 0 Å². The summed E-state index contributed by atoms with van der Waals surface area (Å²) in [7, 11) is 0. The number of fused-ring (bicyclic) bond motifs is 1. The van der Waals surface area contributed by atoms with E-state index in [0.717, 1.165) is 25.7 Å². The molecular formula is C12H20N2O3. The molecule has 2 rings (SSSR count). The van der Waals surface area contributed by atoms with Gasteiger partial charge in [-0.2, -0.15) is 0 Å². The lowest BCUT2D eigenvalue weighted by Gasteiger charge is -2.32. The van der Waals surface area contributed by atoms with E-state index < -0.39 is 12.0 Å². The first kappa shape index (κ1) is 12.2. The molecule has 3 atom stereocenters. The first-order valence-corrected chi connectivity index (χ1v) is 6.44. The molecule has 5 heteroatoms. The van der Waals surface area contributed by atoms with E-state index in [9.17, 15) is 14.7 Å². The Hall–Kier alpha value is -1.26. The van der Waals surface area contributed by atoms with Gasteiger partial charge >= 0.3 is 12.0 Å². The topological polar surface area (TPSA) is 69.6 Å². The van der Waals surface area contributed by atoms with Gasteiger partial charge in [0.25, 0.3) is 0 Å². The molecule has 0 aromatic rings. The molecule has 1 aliphatic carbocycles. The van der Waals surface area contributed by atoms with Crippen LogP contribution >= 0.6 is 0 Å². The maximum atomic E-state index is 12.0. The van der Waals surface area contributed by atoms with Crippen molar-refractivity contribution in [3.63, 3.8) is 0 Å². The summed E-state index contributed by atoms with van der Waals surface area (Å²) in [6.07, 6.45) is 4.90. The molecule has 0 aromatic carbocycles.